The number of halogens is 1. The van der Waals surface area contributed by atoms with Gasteiger partial charge in [0, 0.05) is 5.02 Å². The van der Waals surface area contributed by atoms with Crippen molar-refractivity contribution < 1.29 is 14.7 Å². The van der Waals surface area contributed by atoms with E-state index in [1.54, 1.807) is 6.07 Å². The van der Waals surface area contributed by atoms with E-state index in [-0.39, 0.29) is 5.91 Å². The van der Waals surface area contributed by atoms with Crippen LogP contribution in [0.4, 0.5) is 0 Å². The highest BCUT2D eigenvalue weighted by atomic mass is 35.5. The summed E-state index contributed by atoms with van der Waals surface area (Å²) in [4.78, 5) is 22.9. The molecule has 1 aliphatic rings. The normalized spacial score (nSPS) is 17.6. The van der Waals surface area contributed by atoms with Crippen LogP contribution in [-0.2, 0) is 16.0 Å². The monoisotopic (exact) mass is 281 g/mol. The van der Waals surface area contributed by atoms with Gasteiger partial charge < -0.3 is 10.4 Å². The van der Waals surface area contributed by atoms with Crippen molar-refractivity contribution in [1.29, 1.82) is 0 Å². The second-order valence-corrected chi connectivity index (χ2v) is 5.49. The van der Waals surface area contributed by atoms with E-state index >= 15 is 0 Å². The zero-order valence-corrected chi connectivity index (χ0v) is 11.4. The van der Waals surface area contributed by atoms with Gasteiger partial charge in [-0.05, 0) is 37.8 Å². The third-order valence-corrected chi connectivity index (χ3v) is 3.91. The van der Waals surface area contributed by atoms with Crippen LogP contribution >= 0.6 is 11.6 Å². The number of hydrogen-bond acceptors (Lipinski definition) is 2. The first-order valence-electron chi connectivity index (χ1n) is 6.22. The SMILES string of the molecule is C[C@H](NC(=O)C1(Cc2ccccc2Cl)CC1)C(=O)O. The molecule has 4 nitrogen and oxygen atoms in total. The molecule has 1 fully saturated rings. The number of benzene rings is 1. The molecule has 0 aliphatic heterocycles. The summed E-state index contributed by atoms with van der Waals surface area (Å²) < 4.78 is 0. The second kappa shape index (κ2) is 5.21. The summed E-state index contributed by atoms with van der Waals surface area (Å²) in [5.74, 6) is -1.22. The van der Waals surface area contributed by atoms with E-state index in [2.05, 4.69) is 5.32 Å². The molecule has 0 radical (unpaired) electrons. The molecule has 0 aromatic heterocycles. The zero-order valence-electron chi connectivity index (χ0n) is 10.6. The Labute approximate surface area is 116 Å². The van der Waals surface area contributed by atoms with Gasteiger partial charge in [0.2, 0.25) is 5.91 Å². The third kappa shape index (κ3) is 3.07. The largest absolute Gasteiger partial charge is 0.480 e. The fraction of sp³-hybridized carbons (Fsp3) is 0.429. The molecule has 0 spiro atoms. The number of aliphatic carboxylic acids is 1. The van der Waals surface area contributed by atoms with Crippen LogP contribution in [0.15, 0.2) is 24.3 Å². The van der Waals surface area contributed by atoms with Crippen LogP contribution in [0.3, 0.4) is 0 Å². The minimum absolute atomic E-state index is 0.192. The highest BCUT2D eigenvalue weighted by Gasteiger charge is 2.50. The van der Waals surface area contributed by atoms with E-state index in [4.69, 9.17) is 16.7 Å². The van der Waals surface area contributed by atoms with Crippen LogP contribution in [0.5, 0.6) is 0 Å². The minimum Gasteiger partial charge on any atom is -0.480 e. The van der Waals surface area contributed by atoms with Gasteiger partial charge in [0.1, 0.15) is 6.04 Å². The molecular formula is C14H16ClNO3. The smallest absolute Gasteiger partial charge is 0.325 e. The third-order valence-electron chi connectivity index (χ3n) is 3.54. The molecule has 1 aliphatic carbocycles. The number of carboxylic acids is 1. The predicted molar refractivity (Wildman–Crippen MR) is 72.1 cm³/mol. The van der Waals surface area contributed by atoms with E-state index < -0.39 is 17.4 Å². The van der Waals surface area contributed by atoms with Crippen molar-refractivity contribution in [2.24, 2.45) is 5.41 Å². The molecule has 0 unspecified atom stereocenters. The lowest BCUT2D eigenvalue weighted by Gasteiger charge is -2.18. The van der Waals surface area contributed by atoms with Crippen LogP contribution in [0.1, 0.15) is 25.3 Å². The standard InChI is InChI=1S/C14H16ClNO3/c1-9(12(17)18)16-13(19)14(6-7-14)8-10-4-2-3-5-11(10)15/h2-5,9H,6-8H2,1H3,(H,16,19)(H,17,18)/t9-/m0/s1. The van der Waals surface area contributed by atoms with E-state index in [1.807, 2.05) is 18.2 Å². The number of carbonyl (C=O) groups is 2. The molecule has 0 saturated heterocycles. The topological polar surface area (TPSA) is 66.4 Å². The highest BCUT2D eigenvalue weighted by Crippen LogP contribution is 2.49. The van der Waals surface area contributed by atoms with Crippen LogP contribution < -0.4 is 5.32 Å². The molecule has 1 amide bonds. The number of amides is 1. The van der Waals surface area contributed by atoms with Gasteiger partial charge in [0.25, 0.3) is 0 Å². The fourth-order valence-electron chi connectivity index (χ4n) is 2.05. The van der Waals surface area contributed by atoms with Gasteiger partial charge in [-0.15, -0.1) is 0 Å². The molecular weight excluding hydrogens is 266 g/mol. The Hall–Kier alpha value is -1.55. The maximum absolute atomic E-state index is 12.1. The first kappa shape index (κ1) is 13.9. The molecule has 1 aromatic carbocycles. The summed E-state index contributed by atoms with van der Waals surface area (Å²) in [5.41, 5.74) is 0.453. The molecule has 1 aromatic rings. The quantitative estimate of drug-likeness (QED) is 0.870. The van der Waals surface area contributed by atoms with Gasteiger partial charge in [-0.2, -0.15) is 0 Å². The van der Waals surface area contributed by atoms with Crippen LogP contribution in [0.25, 0.3) is 0 Å². The van der Waals surface area contributed by atoms with E-state index in [0.717, 1.165) is 18.4 Å². The van der Waals surface area contributed by atoms with Gasteiger partial charge in [-0.1, -0.05) is 29.8 Å². The van der Waals surface area contributed by atoms with Crippen LogP contribution in [0, 0.1) is 5.41 Å². The maximum atomic E-state index is 12.1. The highest BCUT2D eigenvalue weighted by molar-refractivity contribution is 6.31. The Balaban J connectivity index is 2.05. The van der Waals surface area contributed by atoms with Crippen molar-refractivity contribution in [3.05, 3.63) is 34.9 Å². The van der Waals surface area contributed by atoms with Crippen molar-refractivity contribution in [1.82, 2.24) is 5.32 Å². The van der Waals surface area contributed by atoms with E-state index in [0.29, 0.717) is 11.4 Å². The van der Waals surface area contributed by atoms with Gasteiger partial charge in [0.15, 0.2) is 0 Å². The van der Waals surface area contributed by atoms with Gasteiger partial charge >= 0.3 is 5.97 Å². The Bertz CT molecular complexity index is 511. The van der Waals surface area contributed by atoms with Crippen LogP contribution in [0.2, 0.25) is 5.02 Å². The predicted octanol–water partition coefficient (Wildman–Crippen LogP) is 2.25. The summed E-state index contributed by atoms with van der Waals surface area (Å²) in [5, 5.41) is 12.0. The molecule has 1 saturated carbocycles. The molecule has 0 bridgehead atoms. The van der Waals surface area contributed by atoms with Crippen molar-refractivity contribution in [2.75, 3.05) is 0 Å². The molecule has 2 N–H and O–H groups in total. The van der Waals surface area contributed by atoms with Crippen LogP contribution in [-0.4, -0.2) is 23.0 Å². The van der Waals surface area contributed by atoms with Crippen molar-refractivity contribution in [3.8, 4) is 0 Å². The van der Waals surface area contributed by atoms with Crippen molar-refractivity contribution in [2.45, 2.75) is 32.2 Å². The fourth-order valence-corrected chi connectivity index (χ4v) is 2.26. The maximum Gasteiger partial charge on any atom is 0.325 e. The lowest BCUT2D eigenvalue weighted by molar-refractivity contribution is -0.142. The van der Waals surface area contributed by atoms with Crippen molar-refractivity contribution >= 4 is 23.5 Å². The molecule has 19 heavy (non-hydrogen) atoms. The number of nitrogens with one attached hydrogen (secondary N) is 1. The molecule has 2 rings (SSSR count). The Morgan fingerprint density at radius 1 is 1.42 bits per heavy atom. The number of rotatable bonds is 5. The summed E-state index contributed by atoms with van der Waals surface area (Å²) in [6, 6.07) is 6.56. The Morgan fingerprint density at radius 3 is 2.58 bits per heavy atom. The van der Waals surface area contributed by atoms with Gasteiger partial charge in [-0.25, -0.2) is 0 Å². The van der Waals surface area contributed by atoms with E-state index in [9.17, 15) is 9.59 Å². The summed E-state index contributed by atoms with van der Waals surface area (Å²) in [7, 11) is 0. The number of carboxylic acid groups (broad SMARTS) is 1. The summed E-state index contributed by atoms with van der Waals surface area (Å²) in [6.45, 7) is 1.46. The lowest BCUT2D eigenvalue weighted by Crippen LogP contribution is -2.43. The first-order chi connectivity index (χ1) is 8.94. The minimum atomic E-state index is -1.03. The number of hydrogen-bond donors (Lipinski definition) is 2. The average Bonchev–Trinajstić information content (AvgIpc) is 3.13. The average molecular weight is 282 g/mol. The van der Waals surface area contributed by atoms with Crippen molar-refractivity contribution in [3.63, 3.8) is 0 Å². The molecule has 5 heteroatoms. The number of carbonyl (C=O) groups excluding carboxylic acids is 1. The molecule has 0 heterocycles. The zero-order chi connectivity index (χ0) is 14.0. The summed E-state index contributed by atoms with van der Waals surface area (Å²) in [6.07, 6.45) is 2.11. The van der Waals surface area contributed by atoms with E-state index in [1.165, 1.54) is 6.92 Å². The Morgan fingerprint density at radius 2 is 2.05 bits per heavy atom. The lowest BCUT2D eigenvalue weighted by atomic mass is 9.95. The van der Waals surface area contributed by atoms with Gasteiger partial charge in [0.05, 0.1) is 5.41 Å². The molecule has 102 valence electrons. The first-order valence-corrected chi connectivity index (χ1v) is 6.60. The van der Waals surface area contributed by atoms with Gasteiger partial charge in [-0.3, -0.25) is 9.59 Å². The Kier molecular flexibility index (Phi) is 3.80. The second-order valence-electron chi connectivity index (χ2n) is 5.08. The molecule has 1 atom stereocenters. The summed E-state index contributed by atoms with van der Waals surface area (Å²) >= 11 is 6.09.